The van der Waals surface area contributed by atoms with E-state index in [2.05, 4.69) is 16.7 Å². The summed E-state index contributed by atoms with van der Waals surface area (Å²) in [7, 11) is 1.66. The molecule has 9 nitrogen and oxygen atoms in total. The minimum absolute atomic E-state index is 0.0720. The predicted octanol–water partition coefficient (Wildman–Crippen LogP) is 0.699. The molecule has 0 saturated carbocycles. The number of β-amino-alcohol motifs (C(OH)–C–C–N with tert-alkyl or cyclic N) is 1. The van der Waals surface area contributed by atoms with Gasteiger partial charge >= 0.3 is 5.76 Å². The molecular formula is C23H24N4O5. The van der Waals surface area contributed by atoms with Gasteiger partial charge in [-0.1, -0.05) is 30.3 Å². The molecule has 1 amide bonds. The first kappa shape index (κ1) is 21.8. The second kappa shape index (κ2) is 9.36. The van der Waals surface area contributed by atoms with E-state index in [1.54, 1.807) is 13.1 Å². The van der Waals surface area contributed by atoms with E-state index < -0.39 is 24.0 Å². The maximum atomic E-state index is 12.5. The van der Waals surface area contributed by atoms with Crippen molar-refractivity contribution in [3.8, 4) is 17.2 Å². The summed E-state index contributed by atoms with van der Waals surface area (Å²) >= 11 is 0. The second-order valence-electron chi connectivity index (χ2n) is 7.83. The molecule has 166 valence electrons. The number of rotatable bonds is 5. The number of aliphatic hydroxyl groups excluding tert-OH is 1. The van der Waals surface area contributed by atoms with Gasteiger partial charge in [0.1, 0.15) is 12.1 Å². The molecule has 0 radical (unpaired) electrons. The van der Waals surface area contributed by atoms with E-state index in [0.717, 1.165) is 16.7 Å². The molecule has 9 heteroatoms. The number of nitrogens with one attached hydrogen (secondary N) is 2. The quantitative estimate of drug-likeness (QED) is 0.537. The highest BCUT2D eigenvalue weighted by molar-refractivity contribution is 5.82. The Hall–Kier alpha value is -3.45. The summed E-state index contributed by atoms with van der Waals surface area (Å²) in [5.41, 5.74) is 4.04. The number of aryl methyl sites for hydroxylation is 1. The van der Waals surface area contributed by atoms with Crippen LogP contribution < -0.4 is 16.4 Å². The van der Waals surface area contributed by atoms with E-state index in [-0.39, 0.29) is 19.1 Å². The number of fused-ring (bicyclic) bond motifs is 1. The zero-order valence-electron chi connectivity index (χ0n) is 17.6. The number of aliphatic hydroxyl groups is 1. The fourth-order valence-electron chi connectivity index (χ4n) is 3.66. The third-order valence-electron chi connectivity index (χ3n) is 5.48. The Morgan fingerprint density at radius 2 is 2.03 bits per heavy atom. The molecule has 1 saturated heterocycles. The molecule has 3 atom stereocenters. The lowest BCUT2D eigenvalue weighted by Crippen LogP contribution is -2.46. The Kier molecular flexibility index (Phi) is 6.37. The number of ether oxygens (including phenoxy) is 1. The zero-order chi connectivity index (χ0) is 22.7. The number of nitrogens with zero attached hydrogens (tertiary/aromatic N) is 2. The molecule has 32 heavy (non-hydrogen) atoms. The number of benzene rings is 2. The van der Waals surface area contributed by atoms with E-state index in [0.29, 0.717) is 24.1 Å². The van der Waals surface area contributed by atoms with Gasteiger partial charge in [-0.05, 0) is 28.8 Å². The summed E-state index contributed by atoms with van der Waals surface area (Å²) in [5, 5.41) is 24.8. The average molecular weight is 436 g/mol. The Morgan fingerprint density at radius 3 is 2.78 bits per heavy atom. The molecule has 0 aliphatic carbocycles. The summed E-state index contributed by atoms with van der Waals surface area (Å²) in [4.78, 5) is 24.1. The molecule has 1 aliphatic heterocycles. The Bertz CT molecular complexity index is 1210. The number of aromatic nitrogens is 1. The first-order valence-electron chi connectivity index (χ1n) is 10.3. The van der Waals surface area contributed by atoms with Gasteiger partial charge in [-0.2, -0.15) is 5.26 Å². The number of carbonyl (C=O) groups excluding carboxylic acids is 1. The van der Waals surface area contributed by atoms with Gasteiger partial charge < -0.3 is 24.9 Å². The fourth-order valence-corrected chi connectivity index (χ4v) is 3.66. The summed E-state index contributed by atoms with van der Waals surface area (Å²) in [6, 6.07) is 14.6. The summed E-state index contributed by atoms with van der Waals surface area (Å²) < 4.78 is 12.0. The largest absolute Gasteiger partial charge is 0.419 e. The van der Waals surface area contributed by atoms with E-state index in [1.165, 1.54) is 4.57 Å². The topological polar surface area (TPSA) is 130 Å². The van der Waals surface area contributed by atoms with Gasteiger partial charge in [0.15, 0.2) is 5.58 Å². The van der Waals surface area contributed by atoms with Gasteiger partial charge in [-0.3, -0.25) is 9.36 Å². The summed E-state index contributed by atoms with van der Waals surface area (Å²) in [5.74, 6) is -0.785. The van der Waals surface area contributed by atoms with Crippen molar-refractivity contribution in [2.75, 3.05) is 19.7 Å². The normalized spacial score (nSPS) is 19.8. The second-order valence-corrected chi connectivity index (χ2v) is 7.83. The van der Waals surface area contributed by atoms with Crippen LogP contribution in [0, 0.1) is 11.3 Å². The molecule has 3 unspecified atom stereocenters. The van der Waals surface area contributed by atoms with Crippen LogP contribution in [-0.4, -0.2) is 53.5 Å². The Balaban J connectivity index is 1.42. The maximum absolute atomic E-state index is 12.5. The SMILES string of the molecule is Cn1c(=O)oc2ccc(-c3ccc(CC(C#N)NC(=O)C4CNCC(O)CO4)cc3)cc21. The van der Waals surface area contributed by atoms with Crippen LogP contribution >= 0.6 is 0 Å². The lowest BCUT2D eigenvalue weighted by Gasteiger charge is -2.18. The van der Waals surface area contributed by atoms with Crippen molar-refractivity contribution < 1.29 is 19.1 Å². The average Bonchev–Trinajstić information content (AvgIpc) is 2.94. The van der Waals surface area contributed by atoms with Crippen molar-refractivity contribution in [1.82, 2.24) is 15.2 Å². The molecule has 1 aliphatic rings. The van der Waals surface area contributed by atoms with E-state index >= 15 is 0 Å². The first-order valence-corrected chi connectivity index (χ1v) is 10.3. The molecule has 2 aromatic carbocycles. The van der Waals surface area contributed by atoms with Crippen LogP contribution in [0.25, 0.3) is 22.2 Å². The lowest BCUT2D eigenvalue weighted by atomic mass is 10.0. The highest BCUT2D eigenvalue weighted by atomic mass is 16.5. The van der Waals surface area contributed by atoms with Crippen LogP contribution in [-0.2, 0) is 23.0 Å². The van der Waals surface area contributed by atoms with Crippen LogP contribution in [0.3, 0.4) is 0 Å². The third-order valence-corrected chi connectivity index (χ3v) is 5.48. The number of oxazole rings is 1. The smallest absolute Gasteiger partial charge is 0.408 e. The first-order chi connectivity index (χ1) is 15.4. The fraction of sp³-hybridized carbons (Fsp3) is 0.348. The van der Waals surface area contributed by atoms with Gasteiger partial charge in [-0.25, -0.2) is 4.79 Å². The van der Waals surface area contributed by atoms with E-state index in [1.807, 2.05) is 36.4 Å². The van der Waals surface area contributed by atoms with E-state index in [4.69, 9.17) is 9.15 Å². The Labute approximate surface area is 184 Å². The van der Waals surface area contributed by atoms with Crippen LogP contribution in [0.4, 0.5) is 0 Å². The monoisotopic (exact) mass is 436 g/mol. The molecule has 0 bridgehead atoms. The minimum atomic E-state index is -0.751. The highest BCUT2D eigenvalue weighted by Gasteiger charge is 2.25. The molecular weight excluding hydrogens is 412 g/mol. The van der Waals surface area contributed by atoms with Gasteiger partial charge in [-0.15, -0.1) is 0 Å². The van der Waals surface area contributed by atoms with Crippen LogP contribution in [0.5, 0.6) is 0 Å². The van der Waals surface area contributed by atoms with Crippen molar-refractivity contribution in [2.24, 2.45) is 7.05 Å². The standard InChI is InChI=1S/C23H24N4O5/c1-27-19-9-16(6-7-20(19)32-23(27)30)15-4-2-14(3-5-15)8-17(10-24)26-22(29)21-12-25-11-18(28)13-31-21/h2-7,9,17-18,21,25,28H,8,11-13H2,1H3,(H,26,29). The molecule has 3 N–H and O–H groups in total. The van der Waals surface area contributed by atoms with Crippen molar-refractivity contribution >= 4 is 17.0 Å². The van der Waals surface area contributed by atoms with Crippen LogP contribution in [0.1, 0.15) is 5.56 Å². The number of amides is 1. The van der Waals surface area contributed by atoms with Crippen molar-refractivity contribution in [3.05, 3.63) is 58.6 Å². The van der Waals surface area contributed by atoms with Gasteiger partial charge in [0.2, 0.25) is 0 Å². The maximum Gasteiger partial charge on any atom is 0.419 e. The summed E-state index contributed by atoms with van der Waals surface area (Å²) in [6.07, 6.45) is -1.06. The molecule has 0 spiro atoms. The zero-order valence-corrected chi connectivity index (χ0v) is 17.6. The van der Waals surface area contributed by atoms with Gasteiger partial charge in [0.05, 0.1) is 24.3 Å². The minimum Gasteiger partial charge on any atom is -0.408 e. The molecule has 1 aromatic heterocycles. The number of nitriles is 1. The highest BCUT2D eigenvalue weighted by Crippen LogP contribution is 2.24. The van der Waals surface area contributed by atoms with Gasteiger partial charge in [0, 0.05) is 26.6 Å². The number of hydrogen-bond acceptors (Lipinski definition) is 7. The van der Waals surface area contributed by atoms with Crippen molar-refractivity contribution in [1.29, 1.82) is 5.26 Å². The molecule has 4 rings (SSSR count). The Morgan fingerprint density at radius 1 is 1.28 bits per heavy atom. The lowest BCUT2D eigenvalue weighted by molar-refractivity contribution is -0.133. The summed E-state index contributed by atoms with van der Waals surface area (Å²) in [6.45, 7) is 0.715. The van der Waals surface area contributed by atoms with Crippen LogP contribution in [0.2, 0.25) is 0 Å². The van der Waals surface area contributed by atoms with Gasteiger partial charge in [0.25, 0.3) is 5.91 Å². The predicted molar refractivity (Wildman–Crippen MR) is 117 cm³/mol. The molecule has 2 heterocycles. The molecule has 3 aromatic rings. The third kappa shape index (κ3) is 4.73. The van der Waals surface area contributed by atoms with Crippen molar-refractivity contribution in [3.63, 3.8) is 0 Å². The number of hydrogen-bond donors (Lipinski definition) is 3. The number of carbonyl (C=O) groups is 1. The van der Waals surface area contributed by atoms with Crippen molar-refractivity contribution in [2.45, 2.75) is 24.7 Å². The van der Waals surface area contributed by atoms with Crippen LogP contribution in [0.15, 0.2) is 51.7 Å². The van der Waals surface area contributed by atoms with E-state index in [9.17, 15) is 20.0 Å². The molecule has 1 fully saturated rings.